The molecule has 1 atom stereocenters. The Morgan fingerprint density at radius 1 is 1.64 bits per heavy atom. The summed E-state index contributed by atoms with van der Waals surface area (Å²) in [5.41, 5.74) is 1.13. The lowest BCUT2D eigenvalue weighted by Gasteiger charge is -2.06. The van der Waals surface area contributed by atoms with Crippen molar-refractivity contribution < 1.29 is 4.79 Å². The molecule has 0 aliphatic rings. The fourth-order valence-corrected chi connectivity index (χ4v) is 1.49. The molecule has 0 aliphatic carbocycles. The maximum Gasteiger partial charge on any atom is 0.152 e. The van der Waals surface area contributed by atoms with Crippen molar-refractivity contribution >= 4 is 33.3 Å². The van der Waals surface area contributed by atoms with Crippen LogP contribution >= 0.6 is 27.5 Å². The molecule has 0 aliphatic heterocycles. The van der Waals surface area contributed by atoms with Crippen LogP contribution in [0.2, 0.25) is 0 Å². The number of nitrogens with zero attached hydrogens (tertiary/aromatic N) is 1. The van der Waals surface area contributed by atoms with Crippen molar-refractivity contribution in [3.05, 3.63) is 33.8 Å². The molecule has 0 heterocycles. The molecule has 0 radical (unpaired) electrons. The third kappa shape index (κ3) is 2.34. The number of benzene rings is 1. The van der Waals surface area contributed by atoms with Gasteiger partial charge in [-0.2, -0.15) is 5.26 Å². The number of halogens is 2. The Kier molecular flexibility index (Phi) is 3.68. The zero-order valence-corrected chi connectivity index (χ0v) is 9.76. The van der Waals surface area contributed by atoms with E-state index in [1.807, 2.05) is 6.07 Å². The highest BCUT2D eigenvalue weighted by Gasteiger charge is 2.14. The Morgan fingerprint density at radius 3 is 2.79 bits per heavy atom. The van der Waals surface area contributed by atoms with Gasteiger partial charge in [-0.3, -0.25) is 4.79 Å². The molecule has 0 N–H and O–H groups in total. The second kappa shape index (κ2) is 4.59. The predicted octanol–water partition coefficient (Wildman–Crippen LogP) is 3.19. The molecular weight excluding hydrogens is 265 g/mol. The first-order valence-electron chi connectivity index (χ1n) is 3.90. The van der Waals surface area contributed by atoms with Crippen LogP contribution < -0.4 is 0 Å². The second-order valence-corrected chi connectivity index (χ2v) is 4.12. The van der Waals surface area contributed by atoms with Crippen LogP contribution in [0.1, 0.15) is 23.4 Å². The Bertz CT molecular complexity index is 411. The van der Waals surface area contributed by atoms with E-state index in [4.69, 9.17) is 16.9 Å². The van der Waals surface area contributed by atoms with E-state index < -0.39 is 5.38 Å². The molecule has 0 aromatic heterocycles. The highest BCUT2D eigenvalue weighted by Crippen LogP contribution is 2.25. The number of carbonyl (C=O) groups is 1. The number of hydrogen-bond acceptors (Lipinski definition) is 2. The third-order valence-corrected chi connectivity index (χ3v) is 3.01. The summed E-state index contributed by atoms with van der Waals surface area (Å²) >= 11 is 9.07. The third-order valence-electron chi connectivity index (χ3n) is 1.76. The van der Waals surface area contributed by atoms with E-state index in [0.29, 0.717) is 15.6 Å². The van der Waals surface area contributed by atoms with Crippen LogP contribution in [0.25, 0.3) is 0 Å². The molecule has 0 bridgehead atoms. The van der Waals surface area contributed by atoms with E-state index in [0.717, 1.165) is 0 Å². The summed E-state index contributed by atoms with van der Waals surface area (Å²) in [5.74, 6) is -0.127. The smallest absolute Gasteiger partial charge is 0.152 e. The summed E-state index contributed by atoms with van der Waals surface area (Å²) in [7, 11) is 0. The molecule has 0 spiro atoms. The molecule has 14 heavy (non-hydrogen) atoms. The topological polar surface area (TPSA) is 40.9 Å². The number of alkyl halides is 1. The van der Waals surface area contributed by atoms with Crippen LogP contribution in [0.5, 0.6) is 0 Å². The average molecular weight is 273 g/mol. The Balaban J connectivity index is 3.14. The minimum atomic E-state index is -0.671. The molecule has 2 nitrogen and oxygen atoms in total. The number of nitriles is 1. The first-order chi connectivity index (χ1) is 6.56. The Morgan fingerprint density at radius 2 is 2.29 bits per heavy atom. The molecule has 4 heteroatoms. The summed E-state index contributed by atoms with van der Waals surface area (Å²) < 4.78 is 0.705. The Labute approximate surface area is 95.6 Å². The van der Waals surface area contributed by atoms with E-state index in [9.17, 15) is 4.79 Å². The summed E-state index contributed by atoms with van der Waals surface area (Å²) in [6.45, 7) is 1.42. The van der Waals surface area contributed by atoms with Crippen LogP contribution in [-0.4, -0.2) is 5.78 Å². The van der Waals surface area contributed by atoms with Crippen molar-refractivity contribution in [3.8, 4) is 6.07 Å². The van der Waals surface area contributed by atoms with Gasteiger partial charge < -0.3 is 0 Å². The molecule has 0 saturated heterocycles. The van der Waals surface area contributed by atoms with Gasteiger partial charge in [0.15, 0.2) is 5.78 Å². The lowest BCUT2D eigenvalue weighted by molar-refractivity contribution is -0.116. The van der Waals surface area contributed by atoms with Crippen molar-refractivity contribution in [3.63, 3.8) is 0 Å². The normalized spacial score (nSPS) is 11.9. The van der Waals surface area contributed by atoms with E-state index in [1.165, 1.54) is 6.92 Å². The summed E-state index contributed by atoms with van der Waals surface area (Å²) in [5, 5.41) is 8.08. The lowest BCUT2D eigenvalue weighted by atomic mass is 10.1. The van der Waals surface area contributed by atoms with Crippen LogP contribution in [0.4, 0.5) is 0 Å². The summed E-state index contributed by atoms with van der Waals surface area (Å²) in [4.78, 5) is 11.0. The molecule has 0 fully saturated rings. The van der Waals surface area contributed by atoms with E-state index in [-0.39, 0.29) is 5.78 Å². The van der Waals surface area contributed by atoms with E-state index in [1.54, 1.807) is 18.2 Å². The van der Waals surface area contributed by atoms with Gasteiger partial charge >= 0.3 is 0 Å². The highest BCUT2D eigenvalue weighted by atomic mass is 79.9. The minimum absolute atomic E-state index is 0.127. The van der Waals surface area contributed by atoms with Crippen LogP contribution in [0.15, 0.2) is 22.7 Å². The molecule has 1 rings (SSSR count). The molecule has 0 saturated carbocycles. The molecule has 1 unspecified atom stereocenters. The van der Waals surface area contributed by atoms with Gasteiger partial charge in [0, 0.05) is 4.47 Å². The zero-order valence-electron chi connectivity index (χ0n) is 7.42. The zero-order chi connectivity index (χ0) is 10.7. The van der Waals surface area contributed by atoms with Crippen molar-refractivity contribution in [1.29, 1.82) is 5.26 Å². The fourth-order valence-electron chi connectivity index (χ4n) is 1.02. The molecule has 1 aromatic carbocycles. The van der Waals surface area contributed by atoms with Gasteiger partial charge in [0.1, 0.15) is 11.4 Å². The quantitative estimate of drug-likeness (QED) is 0.776. The lowest BCUT2D eigenvalue weighted by Crippen LogP contribution is -2.01. The largest absolute Gasteiger partial charge is 0.298 e. The van der Waals surface area contributed by atoms with Crippen molar-refractivity contribution in [2.75, 3.05) is 0 Å². The van der Waals surface area contributed by atoms with Crippen molar-refractivity contribution in [2.45, 2.75) is 12.3 Å². The van der Waals surface area contributed by atoms with Gasteiger partial charge in [-0.25, -0.2) is 0 Å². The van der Waals surface area contributed by atoms with Gasteiger partial charge in [0.05, 0.1) is 5.56 Å². The predicted molar refractivity (Wildman–Crippen MR) is 58.1 cm³/mol. The Hall–Kier alpha value is -0.850. The molecular formula is C10H7BrClNO. The van der Waals surface area contributed by atoms with Crippen LogP contribution in [0, 0.1) is 11.3 Å². The first kappa shape index (κ1) is 11.2. The van der Waals surface area contributed by atoms with Crippen molar-refractivity contribution in [1.82, 2.24) is 0 Å². The SMILES string of the molecule is CC(=O)C(Cl)c1ccc(Br)c(C#N)c1. The molecule has 1 aromatic rings. The number of rotatable bonds is 2. The number of ketones is 1. The molecule has 0 amide bonds. The summed E-state index contributed by atoms with van der Waals surface area (Å²) in [6, 6.07) is 7.07. The van der Waals surface area contributed by atoms with E-state index >= 15 is 0 Å². The maximum absolute atomic E-state index is 11.0. The highest BCUT2D eigenvalue weighted by molar-refractivity contribution is 9.10. The van der Waals surface area contributed by atoms with Crippen LogP contribution in [-0.2, 0) is 4.79 Å². The average Bonchev–Trinajstić information content (AvgIpc) is 2.17. The number of carbonyl (C=O) groups excluding carboxylic acids is 1. The first-order valence-corrected chi connectivity index (χ1v) is 5.13. The second-order valence-electron chi connectivity index (χ2n) is 2.82. The monoisotopic (exact) mass is 271 g/mol. The number of hydrogen-bond donors (Lipinski definition) is 0. The molecule has 72 valence electrons. The van der Waals surface area contributed by atoms with Gasteiger partial charge in [0.2, 0.25) is 0 Å². The number of Topliss-reactive ketones (excluding diaryl/α,β-unsaturated/α-hetero) is 1. The van der Waals surface area contributed by atoms with E-state index in [2.05, 4.69) is 15.9 Å². The standard InChI is InChI=1S/C10H7BrClNO/c1-6(14)10(12)7-2-3-9(11)8(4-7)5-13/h2-4,10H,1H3. The van der Waals surface area contributed by atoms with Gasteiger partial charge in [-0.05, 0) is 40.5 Å². The maximum atomic E-state index is 11.0. The minimum Gasteiger partial charge on any atom is -0.298 e. The van der Waals surface area contributed by atoms with Crippen LogP contribution in [0.3, 0.4) is 0 Å². The van der Waals surface area contributed by atoms with Gasteiger partial charge in [0.25, 0.3) is 0 Å². The van der Waals surface area contributed by atoms with Gasteiger partial charge in [-0.15, -0.1) is 11.6 Å². The van der Waals surface area contributed by atoms with Crippen molar-refractivity contribution in [2.24, 2.45) is 0 Å². The van der Waals surface area contributed by atoms with Gasteiger partial charge in [-0.1, -0.05) is 6.07 Å². The fraction of sp³-hybridized carbons (Fsp3) is 0.200. The summed E-state index contributed by atoms with van der Waals surface area (Å²) in [6.07, 6.45) is 0.